The van der Waals surface area contributed by atoms with E-state index in [0.717, 1.165) is 9.87 Å². The number of hydrogen-bond acceptors (Lipinski definition) is 8. The van der Waals surface area contributed by atoms with Gasteiger partial charge < -0.3 is 9.47 Å². The standard InChI is InChI=1S/C24H23ClN4O7S/c1-16-4-8-19(9-5-16)37(33,34)28(18-7-11-22(35-2)20(25)13-18)15-24(30)27-26-14-17-6-10-23(36-3)21(12-17)29(31)32/h4-14H,15H2,1-3H3,(H,27,30)/b26-14-. The molecule has 0 atom stereocenters. The number of nitro groups is 1. The van der Waals surface area contributed by atoms with E-state index < -0.39 is 27.4 Å². The molecule has 0 aromatic heterocycles. The summed E-state index contributed by atoms with van der Waals surface area (Å²) in [6.07, 6.45) is 1.19. The molecule has 0 saturated heterocycles. The molecule has 0 radical (unpaired) electrons. The number of nitrogens with one attached hydrogen (secondary N) is 1. The largest absolute Gasteiger partial charge is 0.495 e. The molecule has 0 fully saturated rings. The van der Waals surface area contributed by atoms with Gasteiger partial charge in [0.05, 0.1) is 41.0 Å². The normalized spacial score (nSPS) is 11.2. The summed E-state index contributed by atoms with van der Waals surface area (Å²) in [7, 11) is -1.44. The molecule has 1 N–H and O–H groups in total. The SMILES string of the molecule is COc1ccc(N(CC(=O)N/N=C\c2ccc(OC)c([N+](=O)[O-])c2)S(=O)(=O)c2ccc(C)cc2)cc1Cl. The van der Waals surface area contributed by atoms with E-state index in [1.165, 1.54) is 69.0 Å². The Morgan fingerprint density at radius 2 is 1.73 bits per heavy atom. The number of hydrogen-bond donors (Lipinski definition) is 1. The average Bonchev–Trinajstić information content (AvgIpc) is 2.87. The summed E-state index contributed by atoms with van der Waals surface area (Å²) in [4.78, 5) is 23.3. The second kappa shape index (κ2) is 11.7. The molecule has 0 unspecified atom stereocenters. The van der Waals surface area contributed by atoms with Crippen LogP contribution in [0, 0.1) is 17.0 Å². The summed E-state index contributed by atoms with van der Waals surface area (Å²) in [6.45, 7) is 1.19. The summed E-state index contributed by atoms with van der Waals surface area (Å²) >= 11 is 6.21. The highest BCUT2D eigenvalue weighted by atomic mass is 35.5. The zero-order chi connectivity index (χ0) is 27.2. The predicted molar refractivity (Wildman–Crippen MR) is 139 cm³/mol. The summed E-state index contributed by atoms with van der Waals surface area (Å²) in [6, 6.07) is 14.6. The second-order valence-corrected chi connectivity index (χ2v) is 9.89. The molecule has 1 amide bonds. The molecule has 0 heterocycles. The molecule has 0 aliphatic heterocycles. The van der Waals surface area contributed by atoms with Crippen molar-refractivity contribution < 1.29 is 27.6 Å². The smallest absolute Gasteiger partial charge is 0.311 e. The topological polar surface area (TPSA) is 140 Å². The van der Waals surface area contributed by atoms with Gasteiger partial charge >= 0.3 is 5.69 Å². The van der Waals surface area contributed by atoms with Crippen LogP contribution in [0.4, 0.5) is 11.4 Å². The Morgan fingerprint density at radius 3 is 2.32 bits per heavy atom. The molecule has 13 heteroatoms. The highest BCUT2D eigenvalue weighted by Gasteiger charge is 2.28. The number of carbonyl (C=O) groups excluding carboxylic acids is 1. The number of nitro benzene ring substituents is 1. The number of hydrazone groups is 1. The first kappa shape index (κ1) is 27.4. The van der Waals surface area contributed by atoms with Crippen LogP contribution in [0.5, 0.6) is 11.5 Å². The van der Waals surface area contributed by atoms with E-state index in [2.05, 4.69) is 10.5 Å². The number of rotatable bonds is 10. The van der Waals surface area contributed by atoms with Crippen molar-refractivity contribution in [1.29, 1.82) is 0 Å². The van der Waals surface area contributed by atoms with E-state index in [1.807, 2.05) is 6.92 Å². The van der Waals surface area contributed by atoms with Gasteiger partial charge in [0.25, 0.3) is 15.9 Å². The van der Waals surface area contributed by atoms with Crippen LogP contribution in [0.25, 0.3) is 0 Å². The minimum Gasteiger partial charge on any atom is -0.495 e. The molecule has 11 nitrogen and oxygen atoms in total. The molecule has 0 bridgehead atoms. The lowest BCUT2D eigenvalue weighted by molar-refractivity contribution is -0.385. The zero-order valence-corrected chi connectivity index (χ0v) is 21.6. The van der Waals surface area contributed by atoms with Gasteiger partial charge in [-0.1, -0.05) is 29.3 Å². The lowest BCUT2D eigenvalue weighted by atomic mass is 10.2. The van der Waals surface area contributed by atoms with Gasteiger partial charge in [-0.15, -0.1) is 0 Å². The zero-order valence-electron chi connectivity index (χ0n) is 20.0. The number of anilines is 1. The lowest BCUT2D eigenvalue weighted by Gasteiger charge is -2.24. The lowest BCUT2D eigenvalue weighted by Crippen LogP contribution is -2.39. The maximum Gasteiger partial charge on any atom is 0.311 e. The van der Waals surface area contributed by atoms with Crippen molar-refractivity contribution in [2.24, 2.45) is 5.10 Å². The number of nitrogens with zero attached hydrogens (tertiary/aromatic N) is 3. The highest BCUT2D eigenvalue weighted by molar-refractivity contribution is 7.92. The monoisotopic (exact) mass is 546 g/mol. The Hall–Kier alpha value is -4.16. The first-order valence-corrected chi connectivity index (χ1v) is 12.5. The van der Waals surface area contributed by atoms with Crippen LogP contribution in [-0.2, 0) is 14.8 Å². The average molecular weight is 547 g/mol. The van der Waals surface area contributed by atoms with E-state index >= 15 is 0 Å². The molecule has 0 aliphatic rings. The van der Waals surface area contributed by atoms with Crippen LogP contribution in [0.2, 0.25) is 5.02 Å². The maximum absolute atomic E-state index is 13.5. The molecule has 194 valence electrons. The molecule has 3 rings (SSSR count). The third-order valence-corrected chi connectivity index (χ3v) is 7.21. The van der Waals surface area contributed by atoms with Gasteiger partial charge in [0, 0.05) is 11.6 Å². The molecular formula is C24H23ClN4O7S. The van der Waals surface area contributed by atoms with Crippen LogP contribution >= 0.6 is 11.6 Å². The second-order valence-electron chi connectivity index (χ2n) is 7.63. The van der Waals surface area contributed by atoms with Crippen molar-refractivity contribution in [3.63, 3.8) is 0 Å². The predicted octanol–water partition coefficient (Wildman–Crippen LogP) is 3.92. The number of aryl methyl sites for hydroxylation is 1. The number of carbonyl (C=O) groups is 1. The number of halogens is 1. The van der Waals surface area contributed by atoms with E-state index in [1.54, 1.807) is 12.1 Å². The number of methoxy groups -OCH3 is 2. The summed E-state index contributed by atoms with van der Waals surface area (Å²) in [5, 5.41) is 15.2. The van der Waals surface area contributed by atoms with Crippen LogP contribution in [-0.4, -0.2) is 46.2 Å². The van der Waals surface area contributed by atoms with Gasteiger partial charge in [0.2, 0.25) is 0 Å². The number of benzene rings is 3. The van der Waals surface area contributed by atoms with Gasteiger partial charge in [0.15, 0.2) is 5.75 Å². The molecule has 0 saturated carbocycles. The Morgan fingerprint density at radius 1 is 1.08 bits per heavy atom. The third-order valence-electron chi connectivity index (χ3n) is 5.12. The van der Waals surface area contributed by atoms with E-state index in [9.17, 15) is 23.3 Å². The van der Waals surface area contributed by atoms with Crippen LogP contribution in [0.15, 0.2) is 70.7 Å². The quantitative estimate of drug-likeness (QED) is 0.231. The Bertz CT molecular complexity index is 1440. The van der Waals surface area contributed by atoms with Crippen molar-refractivity contribution in [2.45, 2.75) is 11.8 Å². The molecule has 3 aromatic rings. The fourth-order valence-electron chi connectivity index (χ4n) is 3.24. The van der Waals surface area contributed by atoms with Crippen molar-refractivity contribution in [1.82, 2.24) is 5.43 Å². The summed E-state index contributed by atoms with van der Waals surface area (Å²) in [5.74, 6) is -0.357. The summed E-state index contributed by atoms with van der Waals surface area (Å²) < 4.78 is 37.9. The number of sulfonamides is 1. The Balaban J connectivity index is 1.87. The van der Waals surface area contributed by atoms with Crippen LogP contribution < -0.4 is 19.2 Å². The third kappa shape index (κ3) is 6.54. The molecular weight excluding hydrogens is 524 g/mol. The first-order valence-electron chi connectivity index (χ1n) is 10.6. The van der Waals surface area contributed by atoms with Gasteiger partial charge in [0.1, 0.15) is 12.3 Å². The van der Waals surface area contributed by atoms with Crippen LogP contribution in [0.1, 0.15) is 11.1 Å². The molecule has 0 aliphatic carbocycles. The minimum atomic E-state index is -4.17. The number of ether oxygens (including phenoxy) is 2. The van der Waals surface area contributed by atoms with Crippen molar-refractivity contribution in [2.75, 3.05) is 25.1 Å². The fraction of sp³-hybridized carbons (Fsp3) is 0.167. The van der Waals surface area contributed by atoms with Gasteiger partial charge in [-0.2, -0.15) is 5.10 Å². The van der Waals surface area contributed by atoms with E-state index in [4.69, 9.17) is 21.1 Å². The van der Waals surface area contributed by atoms with Crippen molar-refractivity contribution in [3.05, 3.63) is 86.9 Å². The van der Waals surface area contributed by atoms with E-state index in [-0.39, 0.29) is 27.0 Å². The van der Waals surface area contributed by atoms with Gasteiger partial charge in [-0.3, -0.25) is 19.2 Å². The summed E-state index contributed by atoms with van der Waals surface area (Å²) in [5.41, 5.74) is 3.29. The first-order chi connectivity index (χ1) is 17.6. The highest BCUT2D eigenvalue weighted by Crippen LogP contribution is 2.32. The molecule has 3 aromatic carbocycles. The van der Waals surface area contributed by atoms with Gasteiger partial charge in [-0.25, -0.2) is 13.8 Å². The fourth-order valence-corrected chi connectivity index (χ4v) is 4.90. The Kier molecular flexibility index (Phi) is 8.69. The van der Waals surface area contributed by atoms with Gasteiger partial charge in [-0.05, 0) is 49.4 Å². The Labute approximate surface area is 218 Å². The minimum absolute atomic E-state index is 0.0214. The molecule has 0 spiro atoms. The van der Waals surface area contributed by atoms with Crippen molar-refractivity contribution in [3.8, 4) is 11.5 Å². The number of amides is 1. The van der Waals surface area contributed by atoms with Crippen LogP contribution in [0.3, 0.4) is 0 Å². The van der Waals surface area contributed by atoms with Crippen molar-refractivity contribution >= 4 is 45.1 Å². The maximum atomic E-state index is 13.5. The van der Waals surface area contributed by atoms with E-state index in [0.29, 0.717) is 11.3 Å². The molecule has 37 heavy (non-hydrogen) atoms.